The molecule has 22 heavy (non-hydrogen) atoms. The molecule has 2 heterocycles. The number of aromatic carboxylic acids is 1. The van der Waals surface area contributed by atoms with Crippen molar-refractivity contribution in [2.45, 2.75) is 0 Å². The Bertz CT molecular complexity index is 805. The second-order valence-corrected chi connectivity index (χ2v) is 6.57. The van der Waals surface area contributed by atoms with Crippen molar-refractivity contribution in [1.29, 1.82) is 0 Å². The number of carboxylic acid groups (broad SMARTS) is 1. The molecular formula is C15H9NO4S2. The van der Waals surface area contributed by atoms with Crippen molar-refractivity contribution in [3.63, 3.8) is 0 Å². The Labute approximate surface area is 133 Å². The summed E-state index contributed by atoms with van der Waals surface area (Å²) < 4.78 is 0. The topological polar surface area (TPSA) is 83.5 Å². The molecule has 5 nitrogen and oxygen atoms in total. The van der Waals surface area contributed by atoms with Crippen LogP contribution in [0.5, 0.6) is 0 Å². The van der Waals surface area contributed by atoms with E-state index in [1.54, 1.807) is 30.3 Å². The summed E-state index contributed by atoms with van der Waals surface area (Å²) in [6, 6.07) is 10.3. The van der Waals surface area contributed by atoms with E-state index in [-0.39, 0.29) is 16.7 Å². The number of hydrogen-bond acceptors (Lipinski definition) is 5. The van der Waals surface area contributed by atoms with Crippen LogP contribution in [0.1, 0.15) is 15.2 Å². The highest BCUT2D eigenvalue weighted by molar-refractivity contribution is 8.18. The maximum Gasteiger partial charge on any atom is 0.335 e. The number of carboxylic acids is 1. The monoisotopic (exact) mass is 331 g/mol. The molecule has 1 saturated heterocycles. The van der Waals surface area contributed by atoms with Gasteiger partial charge >= 0.3 is 5.97 Å². The average molecular weight is 331 g/mol. The zero-order valence-electron chi connectivity index (χ0n) is 11.0. The number of carbonyl (C=O) groups excluding carboxylic acids is 2. The Morgan fingerprint density at radius 1 is 1.09 bits per heavy atom. The van der Waals surface area contributed by atoms with Gasteiger partial charge in [0.1, 0.15) is 0 Å². The number of rotatable bonds is 3. The highest BCUT2D eigenvalue weighted by Crippen LogP contribution is 2.32. The van der Waals surface area contributed by atoms with Crippen molar-refractivity contribution in [2.24, 2.45) is 0 Å². The summed E-state index contributed by atoms with van der Waals surface area (Å²) in [6.07, 6.45) is 1.67. The predicted molar refractivity (Wildman–Crippen MR) is 85.8 cm³/mol. The largest absolute Gasteiger partial charge is 0.478 e. The lowest BCUT2D eigenvalue weighted by Gasteiger charge is -1.98. The van der Waals surface area contributed by atoms with E-state index in [9.17, 15) is 14.4 Å². The van der Waals surface area contributed by atoms with Gasteiger partial charge in [-0.3, -0.25) is 14.9 Å². The molecule has 7 heteroatoms. The summed E-state index contributed by atoms with van der Waals surface area (Å²) in [5.74, 6) is -1.34. The molecule has 2 N–H and O–H groups in total. The van der Waals surface area contributed by atoms with E-state index in [1.807, 2.05) is 12.1 Å². The first-order chi connectivity index (χ1) is 10.5. The van der Waals surface area contributed by atoms with Crippen molar-refractivity contribution < 1.29 is 19.5 Å². The number of nitrogens with one attached hydrogen (secondary N) is 1. The van der Waals surface area contributed by atoms with Crippen LogP contribution in [0.25, 0.3) is 16.5 Å². The molecule has 0 saturated carbocycles. The van der Waals surface area contributed by atoms with Crippen molar-refractivity contribution >= 4 is 46.3 Å². The summed E-state index contributed by atoms with van der Waals surface area (Å²) in [7, 11) is 0. The summed E-state index contributed by atoms with van der Waals surface area (Å²) in [6.45, 7) is 0. The number of thiophene rings is 1. The van der Waals surface area contributed by atoms with Gasteiger partial charge in [0, 0.05) is 9.75 Å². The SMILES string of the molecule is O=C1NC(=O)/C(=C/c2ccc(-c3ccc(C(=O)O)cc3)s2)S1. The fraction of sp³-hybridized carbons (Fsp3) is 0. The molecule has 0 spiro atoms. The maximum absolute atomic E-state index is 11.5. The highest BCUT2D eigenvalue weighted by atomic mass is 32.2. The van der Waals surface area contributed by atoms with Crippen LogP contribution in [0.15, 0.2) is 41.3 Å². The van der Waals surface area contributed by atoms with Crippen molar-refractivity contribution in [2.75, 3.05) is 0 Å². The normalized spacial score (nSPS) is 16.1. The number of imide groups is 1. The molecule has 0 atom stereocenters. The minimum atomic E-state index is -0.961. The third kappa shape index (κ3) is 2.95. The average Bonchev–Trinajstić information content (AvgIpc) is 3.06. The van der Waals surface area contributed by atoms with Gasteiger partial charge in [-0.05, 0) is 47.7 Å². The summed E-state index contributed by atoms with van der Waals surface area (Å²) in [5.41, 5.74) is 1.14. The number of thioether (sulfide) groups is 1. The molecule has 0 bridgehead atoms. The zero-order chi connectivity index (χ0) is 15.7. The Kier molecular flexibility index (Phi) is 3.82. The first-order valence-electron chi connectivity index (χ1n) is 6.21. The second-order valence-electron chi connectivity index (χ2n) is 4.44. The van der Waals surface area contributed by atoms with Gasteiger partial charge in [-0.2, -0.15) is 0 Å². The number of carbonyl (C=O) groups is 3. The number of benzene rings is 1. The van der Waals surface area contributed by atoms with Gasteiger partial charge in [-0.1, -0.05) is 12.1 Å². The summed E-state index contributed by atoms with van der Waals surface area (Å²) in [4.78, 5) is 35.6. The number of amides is 2. The first-order valence-corrected chi connectivity index (χ1v) is 7.84. The van der Waals surface area contributed by atoms with Gasteiger partial charge in [0.2, 0.25) is 0 Å². The molecule has 110 valence electrons. The third-order valence-corrected chi connectivity index (χ3v) is 4.85. The van der Waals surface area contributed by atoms with Crippen molar-refractivity contribution in [3.05, 3.63) is 51.7 Å². The molecule has 1 aliphatic heterocycles. The first kappa shape index (κ1) is 14.6. The lowest BCUT2D eigenvalue weighted by atomic mass is 10.1. The molecule has 3 rings (SSSR count). The molecule has 2 aromatic rings. The minimum absolute atomic E-state index is 0.236. The van der Waals surface area contributed by atoms with Gasteiger partial charge in [-0.25, -0.2) is 4.79 Å². The molecule has 2 amide bonds. The standard InChI is InChI=1S/C15H9NO4S2/c17-13-12(22-15(20)16-13)7-10-5-6-11(21-10)8-1-3-9(4-2-8)14(18)19/h1-7H,(H,18,19)(H,16,17,20)/b12-7-. The lowest BCUT2D eigenvalue weighted by molar-refractivity contribution is -0.115. The van der Waals surface area contributed by atoms with Gasteiger partial charge in [0.15, 0.2) is 0 Å². The van der Waals surface area contributed by atoms with Crippen molar-refractivity contribution in [1.82, 2.24) is 5.32 Å². The van der Waals surface area contributed by atoms with Crippen LogP contribution in [0.4, 0.5) is 4.79 Å². The van der Waals surface area contributed by atoms with E-state index in [0.29, 0.717) is 4.91 Å². The van der Waals surface area contributed by atoms with E-state index in [2.05, 4.69) is 5.32 Å². The Morgan fingerprint density at radius 3 is 2.41 bits per heavy atom. The van der Waals surface area contributed by atoms with Crippen LogP contribution in [-0.2, 0) is 4.79 Å². The molecule has 0 aliphatic carbocycles. The van der Waals surface area contributed by atoms with E-state index >= 15 is 0 Å². The molecule has 1 aromatic heterocycles. The molecular weight excluding hydrogens is 322 g/mol. The Morgan fingerprint density at radius 2 is 1.82 bits per heavy atom. The van der Waals surface area contributed by atoms with E-state index in [0.717, 1.165) is 27.1 Å². The fourth-order valence-corrected chi connectivity index (χ4v) is 3.62. The minimum Gasteiger partial charge on any atom is -0.478 e. The quantitative estimate of drug-likeness (QED) is 0.842. The molecule has 0 unspecified atom stereocenters. The smallest absolute Gasteiger partial charge is 0.335 e. The molecule has 1 aromatic carbocycles. The van der Waals surface area contributed by atoms with Gasteiger partial charge < -0.3 is 5.11 Å². The molecule has 1 aliphatic rings. The van der Waals surface area contributed by atoms with Gasteiger partial charge in [0.25, 0.3) is 11.1 Å². The van der Waals surface area contributed by atoms with Crippen LogP contribution in [0, 0.1) is 0 Å². The van der Waals surface area contributed by atoms with Crippen LogP contribution in [-0.4, -0.2) is 22.2 Å². The summed E-state index contributed by atoms with van der Waals surface area (Å²) in [5, 5.41) is 10.7. The van der Waals surface area contributed by atoms with Crippen LogP contribution in [0.2, 0.25) is 0 Å². The van der Waals surface area contributed by atoms with Crippen LogP contribution in [0.3, 0.4) is 0 Å². The van der Waals surface area contributed by atoms with Gasteiger partial charge in [-0.15, -0.1) is 11.3 Å². The molecule has 1 fully saturated rings. The van der Waals surface area contributed by atoms with E-state index in [4.69, 9.17) is 5.11 Å². The zero-order valence-corrected chi connectivity index (χ0v) is 12.7. The van der Waals surface area contributed by atoms with Crippen LogP contribution >= 0.6 is 23.1 Å². The lowest BCUT2D eigenvalue weighted by Crippen LogP contribution is -2.17. The Balaban J connectivity index is 1.85. The second kappa shape index (κ2) is 5.78. The molecule has 0 radical (unpaired) electrons. The van der Waals surface area contributed by atoms with Gasteiger partial charge in [0.05, 0.1) is 10.5 Å². The maximum atomic E-state index is 11.5. The highest BCUT2D eigenvalue weighted by Gasteiger charge is 2.25. The third-order valence-electron chi connectivity index (χ3n) is 2.96. The number of hydrogen-bond donors (Lipinski definition) is 2. The predicted octanol–water partition coefficient (Wildman–Crippen LogP) is 3.44. The summed E-state index contributed by atoms with van der Waals surface area (Å²) >= 11 is 2.34. The van der Waals surface area contributed by atoms with Crippen LogP contribution < -0.4 is 5.32 Å². The van der Waals surface area contributed by atoms with E-state index in [1.165, 1.54) is 11.3 Å². The van der Waals surface area contributed by atoms with E-state index < -0.39 is 5.97 Å². The van der Waals surface area contributed by atoms with Crippen molar-refractivity contribution in [3.8, 4) is 10.4 Å². The Hall–Kier alpha value is -2.38. The fourth-order valence-electron chi connectivity index (χ4n) is 1.91.